The van der Waals surface area contributed by atoms with Gasteiger partial charge in [0.25, 0.3) is 0 Å². The molecule has 130 valence electrons. The fourth-order valence-corrected chi connectivity index (χ4v) is 2.78. The van der Waals surface area contributed by atoms with E-state index < -0.39 is 0 Å². The molecule has 0 aliphatic carbocycles. The molecule has 1 aliphatic rings. The molecule has 0 saturated carbocycles. The molecule has 2 aromatic rings. The maximum absolute atomic E-state index is 12.4. The molecule has 25 heavy (non-hydrogen) atoms. The molecule has 1 N–H and O–H groups in total. The lowest BCUT2D eigenvalue weighted by atomic mass is 10.2. The maximum atomic E-state index is 12.4. The summed E-state index contributed by atoms with van der Waals surface area (Å²) in [6, 6.07) is 17.0. The van der Waals surface area contributed by atoms with Crippen LogP contribution in [0.15, 0.2) is 54.6 Å². The fourth-order valence-electron chi connectivity index (χ4n) is 2.78. The molecule has 0 atom stereocenters. The van der Waals surface area contributed by atoms with Crippen LogP contribution in [0.5, 0.6) is 0 Å². The number of para-hydroxylation sites is 1. The van der Waals surface area contributed by atoms with Gasteiger partial charge in [0, 0.05) is 23.6 Å². The Hall–Kier alpha value is -3.02. The van der Waals surface area contributed by atoms with Crippen molar-refractivity contribution in [2.24, 2.45) is 0 Å². The fraction of sp³-hybridized carbons (Fsp3) is 0.263. The summed E-state index contributed by atoms with van der Waals surface area (Å²) in [6.07, 6.45) is -0.357. The van der Waals surface area contributed by atoms with E-state index in [0.29, 0.717) is 18.8 Å². The summed E-state index contributed by atoms with van der Waals surface area (Å²) in [5, 5.41) is 2.90. The largest absolute Gasteiger partial charge is 0.447 e. The average Bonchev–Trinajstić information content (AvgIpc) is 3.06. The first-order chi connectivity index (χ1) is 12.2. The molecule has 6 heteroatoms. The summed E-state index contributed by atoms with van der Waals surface area (Å²) in [5.41, 5.74) is 2.38. The SMILES string of the molecule is CCN(CC(=O)Nc1cccc(N2CCOC2=O)c1)c1ccccc1. The molecule has 1 saturated heterocycles. The van der Waals surface area contributed by atoms with E-state index in [1.165, 1.54) is 0 Å². The molecule has 0 aromatic heterocycles. The Morgan fingerprint density at radius 3 is 2.68 bits per heavy atom. The molecule has 0 bridgehead atoms. The van der Waals surface area contributed by atoms with Crippen molar-refractivity contribution in [1.29, 1.82) is 0 Å². The van der Waals surface area contributed by atoms with E-state index in [4.69, 9.17) is 4.74 Å². The summed E-state index contributed by atoms with van der Waals surface area (Å²) in [6.45, 7) is 3.92. The van der Waals surface area contributed by atoms with Crippen LogP contribution < -0.4 is 15.1 Å². The van der Waals surface area contributed by atoms with Crippen LogP contribution in [0.4, 0.5) is 21.9 Å². The molecule has 0 unspecified atom stereocenters. The third kappa shape index (κ3) is 4.09. The van der Waals surface area contributed by atoms with Crippen molar-refractivity contribution in [1.82, 2.24) is 0 Å². The van der Waals surface area contributed by atoms with E-state index in [0.717, 1.165) is 17.9 Å². The van der Waals surface area contributed by atoms with Gasteiger partial charge in [0.2, 0.25) is 5.91 Å². The number of hydrogen-bond acceptors (Lipinski definition) is 4. The van der Waals surface area contributed by atoms with E-state index in [1.807, 2.05) is 60.4 Å². The molecule has 2 amide bonds. The minimum atomic E-state index is -0.357. The highest BCUT2D eigenvalue weighted by Gasteiger charge is 2.23. The lowest BCUT2D eigenvalue weighted by molar-refractivity contribution is -0.115. The standard InChI is InChI=1S/C19H21N3O3/c1-2-21(16-8-4-3-5-9-16)14-18(23)20-15-7-6-10-17(13-15)22-11-12-25-19(22)24/h3-10,13H,2,11-12,14H2,1H3,(H,20,23). The number of carbonyl (C=O) groups excluding carboxylic acids is 2. The predicted octanol–water partition coefficient (Wildman–Crippen LogP) is 3.11. The van der Waals surface area contributed by atoms with Gasteiger partial charge in [-0.3, -0.25) is 9.69 Å². The first-order valence-electron chi connectivity index (χ1n) is 8.31. The minimum Gasteiger partial charge on any atom is -0.447 e. The molecule has 3 rings (SSSR count). The number of benzene rings is 2. The first-order valence-corrected chi connectivity index (χ1v) is 8.31. The normalized spacial score (nSPS) is 13.5. The summed E-state index contributed by atoms with van der Waals surface area (Å²) < 4.78 is 4.95. The van der Waals surface area contributed by atoms with Gasteiger partial charge < -0.3 is 15.0 Å². The Morgan fingerprint density at radius 1 is 1.20 bits per heavy atom. The number of likely N-dealkylation sites (N-methyl/N-ethyl adjacent to an activating group) is 1. The third-order valence-electron chi connectivity index (χ3n) is 4.04. The zero-order valence-electron chi connectivity index (χ0n) is 14.1. The monoisotopic (exact) mass is 339 g/mol. The predicted molar refractivity (Wildman–Crippen MR) is 98.1 cm³/mol. The van der Waals surface area contributed by atoms with E-state index in [1.54, 1.807) is 11.0 Å². The van der Waals surface area contributed by atoms with Crippen LogP contribution in [0, 0.1) is 0 Å². The molecule has 1 heterocycles. The number of anilines is 3. The summed E-state index contributed by atoms with van der Waals surface area (Å²) in [4.78, 5) is 27.6. The molecule has 0 spiro atoms. The highest BCUT2D eigenvalue weighted by atomic mass is 16.6. The van der Waals surface area contributed by atoms with Crippen molar-refractivity contribution in [3.8, 4) is 0 Å². The first kappa shape index (κ1) is 16.8. The topological polar surface area (TPSA) is 61.9 Å². The molecule has 2 aromatic carbocycles. The number of rotatable bonds is 6. The third-order valence-corrected chi connectivity index (χ3v) is 4.04. The molecular formula is C19H21N3O3. The number of amides is 2. The van der Waals surface area contributed by atoms with Crippen molar-refractivity contribution in [3.63, 3.8) is 0 Å². The van der Waals surface area contributed by atoms with Gasteiger partial charge in [-0.2, -0.15) is 0 Å². The Bertz CT molecular complexity index is 749. The van der Waals surface area contributed by atoms with Gasteiger partial charge in [0.15, 0.2) is 0 Å². The van der Waals surface area contributed by atoms with Crippen LogP contribution in [-0.2, 0) is 9.53 Å². The molecule has 0 radical (unpaired) electrons. The number of hydrogen-bond donors (Lipinski definition) is 1. The number of nitrogens with zero attached hydrogens (tertiary/aromatic N) is 2. The van der Waals surface area contributed by atoms with Gasteiger partial charge in [0.1, 0.15) is 6.61 Å². The van der Waals surface area contributed by atoms with Crippen molar-refractivity contribution in [3.05, 3.63) is 54.6 Å². The van der Waals surface area contributed by atoms with Crippen LogP contribution in [-0.4, -0.2) is 38.2 Å². The van der Waals surface area contributed by atoms with Crippen molar-refractivity contribution in [2.45, 2.75) is 6.92 Å². The average molecular weight is 339 g/mol. The van der Waals surface area contributed by atoms with Crippen LogP contribution in [0.2, 0.25) is 0 Å². The molecule has 6 nitrogen and oxygen atoms in total. The van der Waals surface area contributed by atoms with E-state index in [-0.39, 0.29) is 18.5 Å². The smallest absolute Gasteiger partial charge is 0.414 e. The van der Waals surface area contributed by atoms with Crippen molar-refractivity contribution in [2.75, 3.05) is 41.4 Å². The Morgan fingerprint density at radius 2 is 2.00 bits per heavy atom. The van der Waals surface area contributed by atoms with Gasteiger partial charge in [0.05, 0.1) is 13.1 Å². The zero-order valence-corrected chi connectivity index (χ0v) is 14.1. The number of ether oxygens (including phenoxy) is 1. The van der Waals surface area contributed by atoms with Crippen molar-refractivity contribution < 1.29 is 14.3 Å². The highest BCUT2D eigenvalue weighted by Crippen LogP contribution is 2.22. The number of carbonyl (C=O) groups is 2. The Balaban J connectivity index is 1.65. The lowest BCUT2D eigenvalue weighted by Crippen LogP contribution is -2.33. The second kappa shape index (κ2) is 7.70. The van der Waals surface area contributed by atoms with Gasteiger partial charge in [-0.15, -0.1) is 0 Å². The lowest BCUT2D eigenvalue weighted by Gasteiger charge is -2.22. The molecule has 1 fully saturated rings. The van der Waals surface area contributed by atoms with E-state index >= 15 is 0 Å². The molecule has 1 aliphatic heterocycles. The van der Waals surface area contributed by atoms with Gasteiger partial charge in [-0.05, 0) is 37.3 Å². The second-order valence-corrected chi connectivity index (χ2v) is 5.71. The zero-order chi connectivity index (χ0) is 17.6. The van der Waals surface area contributed by atoms with E-state index in [2.05, 4.69) is 5.32 Å². The Labute approximate surface area is 147 Å². The highest BCUT2D eigenvalue weighted by molar-refractivity contribution is 5.95. The van der Waals surface area contributed by atoms with E-state index in [9.17, 15) is 9.59 Å². The quantitative estimate of drug-likeness (QED) is 0.878. The number of nitrogens with one attached hydrogen (secondary N) is 1. The van der Waals surface area contributed by atoms with Crippen LogP contribution in [0.3, 0.4) is 0 Å². The van der Waals surface area contributed by atoms with Crippen LogP contribution in [0.25, 0.3) is 0 Å². The van der Waals surface area contributed by atoms with Gasteiger partial charge >= 0.3 is 6.09 Å². The Kier molecular flexibility index (Phi) is 5.18. The summed E-state index contributed by atoms with van der Waals surface area (Å²) in [7, 11) is 0. The van der Waals surface area contributed by atoms with Gasteiger partial charge in [-0.25, -0.2) is 4.79 Å². The molecular weight excluding hydrogens is 318 g/mol. The summed E-state index contributed by atoms with van der Waals surface area (Å²) >= 11 is 0. The number of cyclic esters (lactones) is 1. The summed E-state index contributed by atoms with van der Waals surface area (Å²) in [5.74, 6) is -0.105. The minimum absolute atomic E-state index is 0.105. The van der Waals surface area contributed by atoms with Crippen molar-refractivity contribution >= 4 is 29.1 Å². The van der Waals surface area contributed by atoms with Crippen LogP contribution in [0.1, 0.15) is 6.92 Å². The maximum Gasteiger partial charge on any atom is 0.414 e. The van der Waals surface area contributed by atoms with Crippen LogP contribution >= 0.6 is 0 Å². The second-order valence-electron chi connectivity index (χ2n) is 5.71. The van der Waals surface area contributed by atoms with Gasteiger partial charge in [-0.1, -0.05) is 24.3 Å².